The van der Waals surface area contributed by atoms with Crippen molar-refractivity contribution in [3.05, 3.63) is 47.6 Å². The minimum atomic E-state index is -2.37. The molecule has 88 heavy (non-hydrogen) atoms. The van der Waals surface area contributed by atoms with E-state index in [0.717, 1.165) is 25.7 Å². The number of allylic oxidation sites excluding steroid dienone is 6. The minimum Gasteiger partial charge on any atom is -0.480 e. The van der Waals surface area contributed by atoms with Gasteiger partial charge in [0, 0.05) is 30.8 Å². The Hall–Kier alpha value is -4.28. The molecule has 500 valence electrons. The van der Waals surface area contributed by atoms with Crippen LogP contribution in [0.5, 0.6) is 0 Å². The summed E-state index contributed by atoms with van der Waals surface area (Å²) in [7, 11) is -4.65. The van der Waals surface area contributed by atoms with E-state index in [-0.39, 0.29) is 108 Å². The highest BCUT2D eigenvalue weighted by Crippen LogP contribution is 2.49. The first-order chi connectivity index (χ1) is 40.4. The van der Waals surface area contributed by atoms with Gasteiger partial charge in [0.2, 0.25) is 5.91 Å². The Kier molecular flexibility index (Phi) is 27.2. The number of carboxylic acids is 1. The molecule has 5 rings (SSSR count). The molecule has 1 fully saturated rings. The van der Waals surface area contributed by atoms with Gasteiger partial charge in [-0.05, 0) is 182 Å². The Balaban J connectivity index is 0.000000402. The maximum atomic E-state index is 13.4. The van der Waals surface area contributed by atoms with Crippen LogP contribution in [0, 0.1) is 58.2 Å². The van der Waals surface area contributed by atoms with Gasteiger partial charge in [-0.1, -0.05) is 120 Å². The Bertz CT molecular complexity index is 2540. The monoisotopic (exact) mass is 1270 g/mol. The fraction of sp³-hybridized carbons (Fsp3) is 0.783. The van der Waals surface area contributed by atoms with Crippen LogP contribution in [0.2, 0.25) is 36.3 Å². The van der Waals surface area contributed by atoms with Crippen LogP contribution < -0.4 is 5.32 Å². The summed E-state index contributed by atoms with van der Waals surface area (Å²) < 4.78 is 26.7. The van der Waals surface area contributed by atoms with Gasteiger partial charge in [-0.2, -0.15) is 0 Å². The third-order valence-electron chi connectivity index (χ3n) is 20.6. The van der Waals surface area contributed by atoms with Crippen LogP contribution in [-0.4, -0.2) is 121 Å². The summed E-state index contributed by atoms with van der Waals surface area (Å²) in [5.74, 6) is -2.03. The number of nitrogens with zero attached hydrogens (tertiary/aromatic N) is 1. The van der Waals surface area contributed by atoms with Crippen LogP contribution in [0.15, 0.2) is 47.6 Å². The summed E-state index contributed by atoms with van der Waals surface area (Å²) in [6.07, 6.45) is 16.3. The second-order valence-corrected chi connectivity index (χ2v) is 40.5. The molecule has 15 atom stereocenters. The SMILES string of the molecule is CCC(C)(C)C(=O)O[C@H]1C[C@@H](C)C=C2C=C[C@H](C)[C@H](CC[C@@H](C[C@H](CC(=O)ON3C(=O)CCC3=O)O[Si](C)(C)C(C)(C)C)O[Si](C)(C)C(C)(C)C)C21.CCC(C)(C)C(=O)O[C@H]1C[C@@H](C)C=C2C=C[C@H](C)[C@H](CC[C@@H](O)C[C@@H](O)CC(=O)N[C@@H](C)C(=O)O)C21. The fourth-order valence-electron chi connectivity index (χ4n) is 12.0. The van der Waals surface area contributed by atoms with E-state index in [9.17, 15) is 43.8 Å². The van der Waals surface area contributed by atoms with Crippen LogP contribution in [-0.2, 0) is 56.7 Å². The van der Waals surface area contributed by atoms with E-state index in [2.05, 4.69) is 137 Å². The van der Waals surface area contributed by atoms with Crippen molar-refractivity contribution in [1.82, 2.24) is 10.4 Å². The number of carboxylic acid groups (broad SMARTS) is 1. The molecule has 0 aromatic carbocycles. The number of aliphatic hydroxyl groups is 2. The van der Waals surface area contributed by atoms with Crippen LogP contribution in [0.4, 0.5) is 0 Å². The summed E-state index contributed by atoms with van der Waals surface area (Å²) >= 11 is 0. The Labute approximate surface area is 530 Å². The summed E-state index contributed by atoms with van der Waals surface area (Å²) in [5, 5.41) is 32.5. The zero-order chi connectivity index (χ0) is 66.8. The van der Waals surface area contributed by atoms with Gasteiger partial charge in [0.05, 0.1) is 42.0 Å². The lowest BCUT2D eigenvalue weighted by molar-refractivity contribution is -0.198. The highest BCUT2D eigenvalue weighted by Gasteiger charge is 2.48. The molecule has 3 amide bonds. The number of fused-ring (bicyclic) bond motifs is 2. The third kappa shape index (κ3) is 21.1. The average Bonchev–Trinajstić information content (AvgIpc) is 3.10. The van der Waals surface area contributed by atoms with E-state index in [4.69, 9.17) is 28.3 Å². The van der Waals surface area contributed by atoms with Crippen molar-refractivity contribution in [1.29, 1.82) is 0 Å². The van der Waals surface area contributed by atoms with Gasteiger partial charge in [-0.15, -0.1) is 5.06 Å². The lowest BCUT2D eigenvalue weighted by Gasteiger charge is -2.45. The van der Waals surface area contributed by atoms with Crippen molar-refractivity contribution >= 4 is 58.2 Å². The second kappa shape index (κ2) is 31.4. The zero-order valence-corrected chi connectivity index (χ0v) is 59.7. The predicted molar refractivity (Wildman–Crippen MR) is 348 cm³/mol. The third-order valence-corrected chi connectivity index (χ3v) is 29.7. The number of amides is 3. The van der Waals surface area contributed by atoms with E-state index in [1.54, 1.807) is 0 Å². The van der Waals surface area contributed by atoms with Crippen LogP contribution in [0.1, 0.15) is 208 Å². The largest absolute Gasteiger partial charge is 0.480 e. The number of rotatable bonds is 27. The van der Waals surface area contributed by atoms with Crippen molar-refractivity contribution in [2.24, 2.45) is 58.2 Å². The fourth-order valence-corrected chi connectivity index (χ4v) is 14.8. The summed E-state index contributed by atoms with van der Waals surface area (Å²) in [6.45, 7) is 43.8. The molecule has 4 N–H and O–H groups in total. The minimum absolute atomic E-state index is 0.0271. The molecular formula is C69H116N2O15Si2. The molecule has 0 spiro atoms. The topological polar surface area (TPSA) is 242 Å². The molecule has 1 saturated heterocycles. The van der Waals surface area contributed by atoms with Gasteiger partial charge in [0.25, 0.3) is 11.8 Å². The number of carbonyl (C=O) groups is 7. The molecule has 0 aromatic rings. The Morgan fingerprint density at radius 1 is 0.636 bits per heavy atom. The standard InChI is InChI=1S/C41H71NO8Si2.C28H45NO7/c1-16-41(10,11)38(46)47-33-24-27(2)23-29-18-17-28(3)32(37(29)33)20-19-30(49-51(12,13)39(4,5)6)25-31(50-52(14,15)40(7,8)9)26-36(45)48-42-34(43)21-22-35(42)44;1-7-28(5,6)27(35)36-23-13-16(2)12-19-9-8-17(3)22(25(19)23)11-10-20(30)14-21(31)15-24(32)29-18(4)26(33)34/h17-18,23,27-28,30-33,37H,16,19-22,24-26H2,1-15H3;8-9,12,16-18,20-23,25,30-31H,7,10-11,13-15H2,1-6H3,(H,29,32)(H,33,34)/t27-,28-,30-,31+,32-,33-,37?;16-,17-,18-,20+,21+,22-,23-,25?/m00/s1. The highest BCUT2D eigenvalue weighted by molar-refractivity contribution is 6.74. The van der Waals surface area contributed by atoms with Gasteiger partial charge in [0.15, 0.2) is 16.6 Å². The van der Waals surface area contributed by atoms with Gasteiger partial charge < -0.3 is 43.8 Å². The molecule has 0 aromatic heterocycles. The predicted octanol–water partition coefficient (Wildman–Crippen LogP) is 13.3. The maximum Gasteiger partial charge on any atom is 0.335 e. The number of imide groups is 1. The van der Waals surface area contributed by atoms with Crippen LogP contribution in [0.25, 0.3) is 0 Å². The molecule has 1 heterocycles. The van der Waals surface area contributed by atoms with Gasteiger partial charge in [-0.3, -0.25) is 28.8 Å². The van der Waals surface area contributed by atoms with E-state index < -0.39 is 81.5 Å². The molecule has 19 heteroatoms. The van der Waals surface area contributed by atoms with Crippen molar-refractivity contribution < 1.29 is 72.0 Å². The summed E-state index contributed by atoms with van der Waals surface area (Å²) in [4.78, 5) is 92.4. The van der Waals surface area contributed by atoms with Crippen molar-refractivity contribution in [2.75, 3.05) is 0 Å². The van der Waals surface area contributed by atoms with Crippen LogP contribution in [0.3, 0.4) is 0 Å². The molecule has 0 bridgehead atoms. The molecule has 17 nitrogen and oxygen atoms in total. The van der Waals surface area contributed by atoms with E-state index in [1.165, 1.54) is 18.1 Å². The number of ether oxygens (including phenoxy) is 2. The first-order valence-electron chi connectivity index (χ1n) is 33.0. The number of nitrogens with one attached hydrogen (secondary N) is 1. The smallest absolute Gasteiger partial charge is 0.335 e. The molecule has 4 aliphatic carbocycles. The quantitative estimate of drug-likeness (QED) is 0.0340. The molecule has 0 radical (unpaired) electrons. The van der Waals surface area contributed by atoms with Gasteiger partial charge in [0.1, 0.15) is 18.2 Å². The average molecular weight is 1270 g/mol. The number of hydrogen-bond acceptors (Lipinski definition) is 14. The number of hydrogen-bond donors (Lipinski definition) is 4. The summed E-state index contributed by atoms with van der Waals surface area (Å²) in [5.41, 5.74) is 1.34. The normalized spacial score (nSPS) is 26.8. The zero-order valence-electron chi connectivity index (χ0n) is 57.7. The Morgan fingerprint density at radius 2 is 1.06 bits per heavy atom. The number of carbonyl (C=O) groups excluding carboxylic acids is 6. The number of aliphatic hydroxyl groups excluding tert-OH is 2. The highest BCUT2D eigenvalue weighted by atomic mass is 28.4. The molecule has 1 aliphatic heterocycles. The van der Waals surface area contributed by atoms with E-state index >= 15 is 0 Å². The first-order valence-corrected chi connectivity index (χ1v) is 38.8. The maximum absolute atomic E-state index is 13.4. The number of esters is 2. The number of hydroxylamine groups is 2. The van der Waals surface area contributed by atoms with Gasteiger partial charge >= 0.3 is 23.9 Å². The lowest BCUT2D eigenvalue weighted by Crippen LogP contribution is -2.48. The van der Waals surface area contributed by atoms with Gasteiger partial charge in [-0.25, -0.2) is 4.79 Å². The summed E-state index contributed by atoms with van der Waals surface area (Å²) in [6, 6.07) is -1.04. The van der Waals surface area contributed by atoms with E-state index in [1.807, 2.05) is 41.5 Å². The van der Waals surface area contributed by atoms with Crippen molar-refractivity contribution in [2.45, 2.75) is 287 Å². The molecule has 2 unspecified atom stereocenters. The molecule has 5 aliphatic rings. The lowest BCUT2D eigenvalue weighted by atomic mass is 9.65. The van der Waals surface area contributed by atoms with E-state index in [0.29, 0.717) is 49.0 Å². The molecule has 0 saturated carbocycles. The first kappa shape index (κ1) is 76.2. The van der Waals surface area contributed by atoms with Crippen LogP contribution >= 0.6 is 0 Å². The van der Waals surface area contributed by atoms with Crippen molar-refractivity contribution in [3.8, 4) is 0 Å². The molecular weight excluding hydrogens is 1150 g/mol. The Morgan fingerprint density at radius 3 is 1.47 bits per heavy atom. The number of aliphatic carboxylic acids is 1. The second-order valence-electron chi connectivity index (χ2n) is 31.0. The van der Waals surface area contributed by atoms with Crippen molar-refractivity contribution in [3.63, 3.8) is 0 Å².